The van der Waals surface area contributed by atoms with Crippen LogP contribution in [0.15, 0.2) is 6.20 Å². The molecule has 7 atom stereocenters. The number of aliphatic hydroxyl groups excluding tert-OH is 1. The number of aliphatic hydroxyl groups is 1. The standard InChI is InChI=1S/C20H30N2O/c1-19-8-7-16-14(15(19)5-6-18(19)23)4-3-13-9-17-12(11-21-22-17)10-20(13,16)2/h11,13-16,18,23H,3-10H2,1-2H3,(H,21,22)/t13-,14-,15-,16-,18-,19-,20-/m1/s1. The Hall–Kier alpha value is -0.830. The second-order valence-corrected chi connectivity index (χ2v) is 9.55. The van der Waals surface area contributed by atoms with Crippen molar-refractivity contribution in [3.05, 3.63) is 17.5 Å². The maximum absolute atomic E-state index is 10.6. The molecule has 1 heterocycles. The van der Waals surface area contributed by atoms with Gasteiger partial charge in [-0.3, -0.25) is 5.10 Å². The predicted molar refractivity (Wildman–Crippen MR) is 89.9 cm³/mol. The van der Waals surface area contributed by atoms with Gasteiger partial charge in [0.25, 0.3) is 0 Å². The largest absolute Gasteiger partial charge is 0.393 e. The fourth-order valence-electron chi connectivity index (χ4n) is 7.44. The van der Waals surface area contributed by atoms with E-state index in [0.717, 1.165) is 30.1 Å². The van der Waals surface area contributed by atoms with E-state index in [2.05, 4.69) is 30.2 Å². The molecule has 0 radical (unpaired) electrons. The van der Waals surface area contributed by atoms with Crippen LogP contribution in [0, 0.1) is 34.5 Å². The van der Waals surface area contributed by atoms with Crippen LogP contribution in [0.3, 0.4) is 0 Å². The van der Waals surface area contributed by atoms with Crippen LogP contribution >= 0.6 is 0 Å². The molecule has 0 bridgehead atoms. The normalized spacial score (nSPS) is 51.5. The fourth-order valence-corrected chi connectivity index (χ4v) is 7.44. The molecule has 2 N–H and O–H groups in total. The van der Waals surface area contributed by atoms with Crippen molar-refractivity contribution >= 4 is 0 Å². The molecular formula is C20H30N2O. The van der Waals surface area contributed by atoms with Gasteiger partial charge in [0.15, 0.2) is 0 Å². The Morgan fingerprint density at radius 3 is 2.78 bits per heavy atom. The summed E-state index contributed by atoms with van der Waals surface area (Å²) in [5.41, 5.74) is 3.54. The third-order valence-electron chi connectivity index (χ3n) is 8.84. The van der Waals surface area contributed by atoms with E-state index in [1.54, 1.807) is 0 Å². The molecule has 126 valence electrons. The molecule has 0 saturated heterocycles. The molecule has 5 rings (SSSR count). The highest BCUT2D eigenvalue weighted by Gasteiger charge is 2.60. The van der Waals surface area contributed by atoms with Crippen molar-refractivity contribution in [2.24, 2.45) is 34.5 Å². The average Bonchev–Trinajstić information content (AvgIpc) is 3.08. The Bertz CT molecular complexity index is 625. The molecule has 0 aromatic carbocycles. The minimum absolute atomic E-state index is 0.0502. The highest BCUT2D eigenvalue weighted by atomic mass is 16.3. The molecule has 0 unspecified atom stereocenters. The van der Waals surface area contributed by atoms with Crippen LogP contribution in [0.4, 0.5) is 0 Å². The first-order valence-corrected chi connectivity index (χ1v) is 9.71. The average molecular weight is 314 g/mol. The number of hydrogen-bond acceptors (Lipinski definition) is 2. The van der Waals surface area contributed by atoms with Gasteiger partial charge in [0.05, 0.1) is 12.3 Å². The molecule has 23 heavy (non-hydrogen) atoms. The van der Waals surface area contributed by atoms with Crippen molar-refractivity contribution in [1.82, 2.24) is 10.2 Å². The second-order valence-electron chi connectivity index (χ2n) is 9.55. The lowest BCUT2D eigenvalue weighted by Crippen LogP contribution is -2.54. The summed E-state index contributed by atoms with van der Waals surface area (Å²) < 4.78 is 0. The summed E-state index contributed by atoms with van der Waals surface area (Å²) in [5.74, 6) is 3.29. The Morgan fingerprint density at radius 1 is 1.09 bits per heavy atom. The molecule has 0 amide bonds. The van der Waals surface area contributed by atoms with Gasteiger partial charge in [-0.1, -0.05) is 13.8 Å². The van der Waals surface area contributed by atoms with Crippen LogP contribution in [0.1, 0.15) is 63.6 Å². The number of nitrogens with zero attached hydrogens (tertiary/aromatic N) is 1. The lowest BCUT2D eigenvalue weighted by Gasteiger charge is -2.60. The number of H-pyrrole nitrogens is 1. The second kappa shape index (κ2) is 4.62. The van der Waals surface area contributed by atoms with Crippen LogP contribution < -0.4 is 0 Å². The van der Waals surface area contributed by atoms with Gasteiger partial charge < -0.3 is 5.11 Å². The molecule has 4 aliphatic rings. The monoisotopic (exact) mass is 314 g/mol. The maximum atomic E-state index is 10.6. The van der Waals surface area contributed by atoms with Crippen molar-refractivity contribution in [2.75, 3.05) is 0 Å². The van der Waals surface area contributed by atoms with E-state index in [1.165, 1.54) is 56.2 Å². The van der Waals surface area contributed by atoms with Crippen LogP contribution in [0.5, 0.6) is 0 Å². The van der Waals surface area contributed by atoms with Gasteiger partial charge >= 0.3 is 0 Å². The van der Waals surface area contributed by atoms with Crippen molar-refractivity contribution in [2.45, 2.75) is 71.3 Å². The van der Waals surface area contributed by atoms with E-state index >= 15 is 0 Å². The highest BCUT2D eigenvalue weighted by Crippen LogP contribution is 2.65. The summed E-state index contributed by atoms with van der Waals surface area (Å²) in [6.07, 6.45) is 12.1. The number of fused-ring (bicyclic) bond motifs is 6. The van der Waals surface area contributed by atoms with Gasteiger partial charge in [-0.2, -0.15) is 5.10 Å². The fraction of sp³-hybridized carbons (Fsp3) is 0.850. The maximum Gasteiger partial charge on any atom is 0.0596 e. The number of aromatic nitrogens is 2. The van der Waals surface area contributed by atoms with Crippen LogP contribution in [0.2, 0.25) is 0 Å². The molecule has 0 aliphatic heterocycles. The molecule has 3 fully saturated rings. The zero-order valence-corrected chi connectivity index (χ0v) is 14.5. The third-order valence-corrected chi connectivity index (χ3v) is 8.84. The number of aromatic amines is 1. The summed E-state index contributed by atoms with van der Waals surface area (Å²) in [4.78, 5) is 0. The SMILES string of the molecule is C[C@@]12CC[C@@H]3[C@H](CC[C@@H]4Cc5[nH]ncc5C[C@]43C)[C@H]1CC[C@H]2O. The molecule has 3 nitrogen and oxygen atoms in total. The smallest absolute Gasteiger partial charge is 0.0596 e. The van der Waals surface area contributed by atoms with E-state index < -0.39 is 0 Å². The van der Waals surface area contributed by atoms with Gasteiger partial charge in [-0.05, 0) is 91.4 Å². The quantitative estimate of drug-likeness (QED) is 0.766. The van der Waals surface area contributed by atoms with E-state index in [4.69, 9.17) is 0 Å². The van der Waals surface area contributed by atoms with Crippen molar-refractivity contribution in [1.29, 1.82) is 0 Å². The van der Waals surface area contributed by atoms with Crippen molar-refractivity contribution in [3.63, 3.8) is 0 Å². The van der Waals surface area contributed by atoms with Crippen LogP contribution in [0.25, 0.3) is 0 Å². The molecule has 4 aliphatic carbocycles. The summed E-state index contributed by atoms with van der Waals surface area (Å²) in [6.45, 7) is 4.97. The summed E-state index contributed by atoms with van der Waals surface area (Å²) in [5, 5.41) is 18.1. The summed E-state index contributed by atoms with van der Waals surface area (Å²) in [6, 6.07) is 0. The van der Waals surface area contributed by atoms with Crippen LogP contribution in [-0.2, 0) is 12.8 Å². The first kappa shape index (κ1) is 14.5. The summed E-state index contributed by atoms with van der Waals surface area (Å²) >= 11 is 0. The van der Waals surface area contributed by atoms with Crippen molar-refractivity contribution < 1.29 is 5.11 Å². The van der Waals surface area contributed by atoms with E-state index in [0.29, 0.717) is 5.41 Å². The topological polar surface area (TPSA) is 48.9 Å². The number of nitrogens with one attached hydrogen (secondary N) is 1. The Morgan fingerprint density at radius 2 is 1.91 bits per heavy atom. The predicted octanol–water partition coefficient (Wildman–Crippen LogP) is 3.73. The summed E-state index contributed by atoms with van der Waals surface area (Å²) in [7, 11) is 0. The van der Waals surface area contributed by atoms with Crippen LogP contribution in [-0.4, -0.2) is 21.4 Å². The third kappa shape index (κ3) is 1.78. The van der Waals surface area contributed by atoms with Gasteiger partial charge in [-0.15, -0.1) is 0 Å². The molecule has 1 aromatic rings. The Labute approximate surface area is 139 Å². The number of rotatable bonds is 0. The zero-order chi connectivity index (χ0) is 15.8. The Balaban J connectivity index is 1.50. The van der Waals surface area contributed by atoms with Gasteiger partial charge in [0, 0.05) is 5.69 Å². The number of hydrogen-bond donors (Lipinski definition) is 2. The van der Waals surface area contributed by atoms with E-state index in [-0.39, 0.29) is 11.5 Å². The lowest BCUT2D eigenvalue weighted by atomic mass is 9.45. The van der Waals surface area contributed by atoms with Crippen molar-refractivity contribution in [3.8, 4) is 0 Å². The highest BCUT2D eigenvalue weighted by molar-refractivity contribution is 5.25. The van der Waals surface area contributed by atoms with E-state index in [1.807, 2.05) is 0 Å². The molecule has 3 heteroatoms. The van der Waals surface area contributed by atoms with Gasteiger partial charge in [0.2, 0.25) is 0 Å². The lowest BCUT2D eigenvalue weighted by molar-refractivity contribution is -0.111. The first-order chi connectivity index (χ1) is 11.0. The first-order valence-electron chi connectivity index (χ1n) is 9.71. The molecule has 0 spiro atoms. The molecule has 3 saturated carbocycles. The zero-order valence-electron chi connectivity index (χ0n) is 14.5. The minimum Gasteiger partial charge on any atom is -0.393 e. The van der Waals surface area contributed by atoms with Gasteiger partial charge in [0.1, 0.15) is 0 Å². The molecular weight excluding hydrogens is 284 g/mol. The minimum atomic E-state index is -0.0502. The van der Waals surface area contributed by atoms with Gasteiger partial charge in [-0.25, -0.2) is 0 Å². The molecule has 1 aromatic heterocycles. The Kier molecular flexibility index (Phi) is 2.92. The van der Waals surface area contributed by atoms with E-state index in [9.17, 15) is 5.11 Å².